The lowest BCUT2D eigenvalue weighted by Gasteiger charge is -2.17. The SMILES string of the molecule is CCCCNC(=O)C(C)Oc1ccc(C(C)O)cc1OC. The van der Waals surface area contributed by atoms with Crippen molar-refractivity contribution in [1.82, 2.24) is 5.32 Å². The van der Waals surface area contributed by atoms with Crippen LogP contribution in [0.1, 0.15) is 45.3 Å². The number of hydrogen-bond donors (Lipinski definition) is 2. The third-order valence-electron chi connectivity index (χ3n) is 3.17. The molecule has 0 saturated carbocycles. The molecular formula is C16H25NO4. The van der Waals surface area contributed by atoms with Crippen molar-refractivity contribution in [2.24, 2.45) is 0 Å². The first-order valence-electron chi connectivity index (χ1n) is 7.30. The maximum atomic E-state index is 11.9. The average Bonchev–Trinajstić information content (AvgIpc) is 2.47. The summed E-state index contributed by atoms with van der Waals surface area (Å²) in [7, 11) is 1.53. The Bertz CT molecular complexity index is 460. The molecule has 0 bridgehead atoms. The lowest BCUT2D eigenvalue weighted by Crippen LogP contribution is -2.36. The van der Waals surface area contributed by atoms with E-state index in [1.165, 1.54) is 7.11 Å². The molecule has 1 aromatic rings. The first-order valence-corrected chi connectivity index (χ1v) is 7.30. The third-order valence-corrected chi connectivity index (χ3v) is 3.17. The third kappa shape index (κ3) is 5.27. The first kappa shape index (κ1) is 17.3. The summed E-state index contributed by atoms with van der Waals surface area (Å²) in [5.41, 5.74) is 0.735. The highest BCUT2D eigenvalue weighted by atomic mass is 16.5. The molecule has 5 nitrogen and oxygen atoms in total. The van der Waals surface area contributed by atoms with Crippen LogP contribution < -0.4 is 14.8 Å². The van der Waals surface area contributed by atoms with Gasteiger partial charge in [0.15, 0.2) is 17.6 Å². The predicted molar refractivity (Wildman–Crippen MR) is 81.6 cm³/mol. The Morgan fingerprint density at radius 3 is 2.62 bits per heavy atom. The highest BCUT2D eigenvalue weighted by molar-refractivity contribution is 5.80. The standard InChI is InChI=1S/C16H25NO4/c1-5-6-9-17-16(19)12(3)21-14-8-7-13(11(2)18)10-15(14)20-4/h7-8,10-12,18H,5-6,9H2,1-4H3,(H,17,19). The van der Waals surface area contributed by atoms with Gasteiger partial charge in [-0.3, -0.25) is 4.79 Å². The number of carbonyl (C=O) groups excluding carboxylic acids is 1. The predicted octanol–water partition coefficient (Wildman–Crippen LogP) is 2.43. The van der Waals surface area contributed by atoms with Crippen molar-refractivity contribution in [3.05, 3.63) is 23.8 Å². The summed E-state index contributed by atoms with van der Waals surface area (Å²) in [6.07, 6.45) is 0.797. The minimum atomic E-state index is -0.604. The second-order valence-electron chi connectivity index (χ2n) is 4.99. The molecule has 0 aliphatic heterocycles. The summed E-state index contributed by atoms with van der Waals surface area (Å²) >= 11 is 0. The Kier molecular flexibility index (Phi) is 7.02. The van der Waals surface area contributed by atoms with E-state index in [4.69, 9.17) is 9.47 Å². The van der Waals surface area contributed by atoms with E-state index in [1.807, 2.05) is 0 Å². The summed E-state index contributed by atoms with van der Waals surface area (Å²) in [5.74, 6) is 0.840. The minimum Gasteiger partial charge on any atom is -0.493 e. The van der Waals surface area contributed by atoms with Gasteiger partial charge in [0.25, 0.3) is 5.91 Å². The number of carbonyl (C=O) groups is 1. The van der Waals surface area contributed by atoms with E-state index in [0.29, 0.717) is 18.0 Å². The Hall–Kier alpha value is -1.75. The van der Waals surface area contributed by atoms with E-state index >= 15 is 0 Å². The minimum absolute atomic E-state index is 0.148. The van der Waals surface area contributed by atoms with Crippen LogP contribution in [0, 0.1) is 0 Å². The van der Waals surface area contributed by atoms with Crippen LogP contribution in [0.3, 0.4) is 0 Å². The zero-order chi connectivity index (χ0) is 15.8. The summed E-state index contributed by atoms with van der Waals surface area (Å²) in [5, 5.41) is 12.4. The number of hydrogen-bond acceptors (Lipinski definition) is 4. The average molecular weight is 295 g/mol. The van der Waals surface area contributed by atoms with Crippen LogP contribution >= 0.6 is 0 Å². The number of methoxy groups -OCH3 is 1. The maximum Gasteiger partial charge on any atom is 0.260 e. The van der Waals surface area contributed by atoms with Gasteiger partial charge in [-0.15, -0.1) is 0 Å². The fraction of sp³-hybridized carbons (Fsp3) is 0.562. The smallest absolute Gasteiger partial charge is 0.260 e. The molecule has 0 aliphatic carbocycles. The van der Waals surface area contributed by atoms with Gasteiger partial charge >= 0.3 is 0 Å². The Labute approximate surface area is 126 Å². The van der Waals surface area contributed by atoms with Gasteiger partial charge in [0, 0.05) is 6.54 Å². The van der Waals surface area contributed by atoms with Crippen LogP contribution in [0.15, 0.2) is 18.2 Å². The molecule has 0 spiro atoms. The van der Waals surface area contributed by atoms with Crippen molar-refractivity contribution in [3.63, 3.8) is 0 Å². The van der Waals surface area contributed by atoms with Gasteiger partial charge in [-0.2, -0.15) is 0 Å². The van der Waals surface area contributed by atoms with Crippen molar-refractivity contribution in [2.75, 3.05) is 13.7 Å². The monoisotopic (exact) mass is 295 g/mol. The highest BCUT2D eigenvalue weighted by Gasteiger charge is 2.17. The molecule has 2 N–H and O–H groups in total. The van der Waals surface area contributed by atoms with Gasteiger partial charge in [0.05, 0.1) is 13.2 Å². The van der Waals surface area contributed by atoms with E-state index in [2.05, 4.69) is 12.2 Å². The van der Waals surface area contributed by atoms with Crippen molar-refractivity contribution in [2.45, 2.75) is 45.8 Å². The molecule has 21 heavy (non-hydrogen) atoms. The zero-order valence-corrected chi connectivity index (χ0v) is 13.2. The molecule has 0 fully saturated rings. The number of unbranched alkanes of at least 4 members (excludes halogenated alkanes) is 1. The molecule has 0 aromatic heterocycles. The summed E-state index contributed by atoms with van der Waals surface area (Å²) in [6, 6.07) is 5.17. The fourth-order valence-corrected chi connectivity index (χ4v) is 1.82. The van der Waals surface area contributed by atoms with Crippen LogP contribution in [0.5, 0.6) is 11.5 Å². The normalized spacial score (nSPS) is 13.4. The topological polar surface area (TPSA) is 67.8 Å². The summed E-state index contributed by atoms with van der Waals surface area (Å²) < 4.78 is 10.9. The van der Waals surface area contributed by atoms with Crippen LogP contribution in [-0.4, -0.2) is 30.8 Å². The van der Waals surface area contributed by atoms with Gasteiger partial charge in [-0.25, -0.2) is 0 Å². The molecule has 2 atom stereocenters. The molecule has 1 aromatic carbocycles. The lowest BCUT2D eigenvalue weighted by atomic mass is 10.1. The molecule has 0 heterocycles. The van der Waals surface area contributed by atoms with E-state index in [9.17, 15) is 9.90 Å². The van der Waals surface area contributed by atoms with E-state index in [0.717, 1.165) is 18.4 Å². The highest BCUT2D eigenvalue weighted by Crippen LogP contribution is 2.31. The number of rotatable bonds is 8. The largest absolute Gasteiger partial charge is 0.493 e. The number of aliphatic hydroxyl groups is 1. The maximum absolute atomic E-state index is 11.9. The number of amides is 1. The van der Waals surface area contributed by atoms with E-state index in [-0.39, 0.29) is 5.91 Å². The fourth-order valence-electron chi connectivity index (χ4n) is 1.82. The second kappa shape index (κ2) is 8.52. The number of aliphatic hydroxyl groups excluding tert-OH is 1. The molecule has 2 unspecified atom stereocenters. The van der Waals surface area contributed by atoms with Crippen LogP contribution in [0.2, 0.25) is 0 Å². The van der Waals surface area contributed by atoms with E-state index < -0.39 is 12.2 Å². The van der Waals surface area contributed by atoms with Crippen LogP contribution in [0.25, 0.3) is 0 Å². The molecule has 0 radical (unpaired) electrons. The lowest BCUT2D eigenvalue weighted by molar-refractivity contribution is -0.127. The number of nitrogens with one attached hydrogen (secondary N) is 1. The molecular weight excluding hydrogens is 270 g/mol. The van der Waals surface area contributed by atoms with Crippen LogP contribution in [-0.2, 0) is 4.79 Å². The van der Waals surface area contributed by atoms with Gasteiger partial charge in [-0.1, -0.05) is 19.4 Å². The van der Waals surface area contributed by atoms with Crippen molar-refractivity contribution < 1.29 is 19.4 Å². The van der Waals surface area contributed by atoms with Gasteiger partial charge in [0.1, 0.15) is 0 Å². The Morgan fingerprint density at radius 1 is 1.33 bits per heavy atom. The quantitative estimate of drug-likeness (QED) is 0.723. The molecule has 1 rings (SSSR count). The van der Waals surface area contributed by atoms with Gasteiger partial charge in [0.2, 0.25) is 0 Å². The molecule has 0 saturated heterocycles. The number of benzene rings is 1. The first-order chi connectivity index (χ1) is 9.99. The van der Waals surface area contributed by atoms with Crippen LogP contribution in [0.4, 0.5) is 0 Å². The molecule has 5 heteroatoms. The number of ether oxygens (including phenoxy) is 2. The van der Waals surface area contributed by atoms with Crippen molar-refractivity contribution in [1.29, 1.82) is 0 Å². The molecule has 0 aliphatic rings. The Balaban J connectivity index is 2.71. The molecule has 118 valence electrons. The second-order valence-corrected chi connectivity index (χ2v) is 4.99. The summed E-state index contributed by atoms with van der Waals surface area (Å²) in [6.45, 7) is 6.10. The Morgan fingerprint density at radius 2 is 2.05 bits per heavy atom. The van der Waals surface area contributed by atoms with Gasteiger partial charge in [-0.05, 0) is 38.0 Å². The van der Waals surface area contributed by atoms with Crippen molar-refractivity contribution in [3.8, 4) is 11.5 Å². The molecule has 1 amide bonds. The van der Waals surface area contributed by atoms with Crippen molar-refractivity contribution >= 4 is 5.91 Å². The zero-order valence-electron chi connectivity index (χ0n) is 13.2. The summed E-state index contributed by atoms with van der Waals surface area (Å²) in [4.78, 5) is 11.9. The van der Waals surface area contributed by atoms with Gasteiger partial charge < -0.3 is 19.9 Å². The van der Waals surface area contributed by atoms with E-state index in [1.54, 1.807) is 32.0 Å².